The van der Waals surface area contributed by atoms with Gasteiger partial charge in [0.2, 0.25) is 0 Å². The molecule has 0 N–H and O–H groups in total. The molecule has 0 radical (unpaired) electrons. The number of carbonyl (C=O) groups excluding carboxylic acids is 1. The van der Waals surface area contributed by atoms with E-state index in [1.807, 2.05) is 34.8 Å². The molecule has 1 fully saturated rings. The summed E-state index contributed by atoms with van der Waals surface area (Å²) in [6.45, 7) is 1.38. The third-order valence-corrected chi connectivity index (χ3v) is 4.87. The summed E-state index contributed by atoms with van der Waals surface area (Å²) in [5, 5.41) is 0. The van der Waals surface area contributed by atoms with Gasteiger partial charge in [-0.25, -0.2) is 0 Å². The monoisotopic (exact) mass is 350 g/mol. The largest absolute Gasteiger partial charge is 0.416 e. The van der Waals surface area contributed by atoms with E-state index in [-0.39, 0.29) is 5.91 Å². The third-order valence-electron chi connectivity index (χ3n) is 4.87. The van der Waals surface area contributed by atoms with Crippen molar-refractivity contribution >= 4 is 5.91 Å². The Kier molecular flexibility index (Phi) is 4.88. The first-order valence-corrected chi connectivity index (χ1v) is 8.41. The predicted molar refractivity (Wildman–Crippen MR) is 89.2 cm³/mol. The molecule has 25 heavy (non-hydrogen) atoms. The van der Waals surface area contributed by atoms with Gasteiger partial charge in [-0.2, -0.15) is 13.2 Å². The van der Waals surface area contributed by atoms with Gasteiger partial charge in [0.15, 0.2) is 0 Å². The molecule has 2 aromatic rings. The summed E-state index contributed by atoms with van der Waals surface area (Å²) < 4.78 is 39.6. The quantitative estimate of drug-likeness (QED) is 0.817. The Morgan fingerprint density at radius 1 is 1.12 bits per heavy atom. The summed E-state index contributed by atoms with van der Waals surface area (Å²) in [5.41, 5.74) is 0.987. The molecular weight excluding hydrogens is 329 g/mol. The normalized spacial score (nSPS) is 16.2. The van der Waals surface area contributed by atoms with Crippen LogP contribution in [0, 0.1) is 5.92 Å². The fourth-order valence-corrected chi connectivity index (χ4v) is 3.35. The van der Waals surface area contributed by atoms with Crippen molar-refractivity contribution in [2.75, 3.05) is 13.1 Å². The van der Waals surface area contributed by atoms with Crippen LogP contribution in [-0.2, 0) is 19.6 Å². The van der Waals surface area contributed by atoms with Crippen LogP contribution >= 0.6 is 0 Å². The Hall–Kier alpha value is -2.24. The van der Waals surface area contributed by atoms with Crippen LogP contribution in [-0.4, -0.2) is 28.5 Å². The number of likely N-dealkylation sites (tertiary alicyclic amines) is 1. The van der Waals surface area contributed by atoms with E-state index in [0.717, 1.165) is 37.0 Å². The zero-order valence-electron chi connectivity index (χ0n) is 14.1. The van der Waals surface area contributed by atoms with Gasteiger partial charge in [-0.15, -0.1) is 0 Å². The summed E-state index contributed by atoms with van der Waals surface area (Å²) in [4.78, 5) is 14.3. The molecule has 1 aliphatic rings. The van der Waals surface area contributed by atoms with Crippen LogP contribution in [0.4, 0.5) is 13.2 Å². The van der Waals surface area contributed by atoms with E-state index in [2.05, 4.69) is 0 Å². The van der Waals surface area contributed by atoms with Gasteiger partial charge in [0.05, 0.1) is 5.56 Å². The van der Waals surface area contributed by atoms with E-state index >= 15 is 0 Å². The van der Waals surface area contributed by atoms with Gasteiger partial charge < -0.3 is 9.47 Å². The molecule has 134 valence electrons. The van der Waals surface area contributed by atoms with Crippen molar-refractivity contribution in [1.29, 1.82) is 0 Å². The third kappa shape index (κ3) is 4.06. The number of carbonyl (C=O) groups is 1. The topological polar surface area (TPSA) is 25.2 Å². The maximum atomic E-state index is 12.6. The van der Waals surface area contributed by atoms with E-state index in [0.29, 0.717) is 24.7 Å². The number of hydrogen-bond acceptors (Lipinski definition) is 1. The van der Waals surface area contributed by atoms with Crippen molar-refractivity contribution in [3.05, 3.63) is 59.4 Å². The van der Waals surface area contributed by atoms with Gasteiger partial charge in [-0.05, 0) is 55.0 Å². The van der Waals surface area contributed by atoms with Crippen LogP contribution in [0.5, 0.6) is 0 Å². The molecule has 1 amide bonds. The zero-order valence-corrected chi connectivity index (χ0v) is 14.1. The van der Waals surface area contributed by atoms with Crippen molar-refractivity contribution in [1.82, 2.24) is 9.47 Å². The highest BCUT2D eigenvalue weighted by Crippen LogP contribution is 2.30. The van der Waals surface area contributed by atoms with Crippen molar-refractivity contribution in [2.45, 2.75) is 25.4 Å². The van der Waals surface area contributed by atoms with Gasteiger partial charge in [0.1, 0.15) is 5.69 Å². The van der Waals surface area contributed by atoms with Crippen LogP contribution in [0.1, 0.15) is 34.5 Å². The summed E-state index contributed by atoms with van der Waals surface area (Å²) in [7, 11) is 1.85. The molecule has 3 nitrogen and oxygen atoms in total. The lowest BCUT2D eigenvalue weighted by molar-refractivity contribution is -0.137. The Morgan fingerprint density at radius 2 is 1.76 bits per heavy atom. The molecule has 0 saturated carbocycles. The molecular formula is C19H21F3N2O. The molecule has 1 saturated heterocycles. The molecule has 0 aliphatic carbocycles. The SMILES string of the molecule is Cn1cccc1C(=O)N1CCC(Cc2ccc(C(F)(F)F)cc2)CC1. The second-order valence-electron chi connectivity index (χ2n) is 6.64. The van der Waals surface area contributed by atoms with Crippen molar-refractivity contribution < 1.29 is 18.0 Å². The van der Waals surface area contributed by atoms with Gasteiger partial charge >= 0.3 is 6.18 Å². The number of benzene rings is 1. The van der Waals surface area contributed by atoms with Gasteiger partial charge in [0.25, 0.3) is 5.91 Å². The average molecular weight is 350 g/mol. The Morgan fingerprint density at radius 3 is 2.28 bits per heavy atom. The first-order chi connectivity index (χ1) is 11.8. The van der Waals surface area contributed by atoms with E-state index in [9.17, 15) is 18.0 Å². The maximum absolute atomic E-state index is 12.6. The van der Waals surface area contributed by atoms with E-state index in [4.69, 9.17) is 0 Å². The number of rotatable bonds is 3. The van der Waals surface area contributed by atoms with Crippen molar-refractivity contribution in [3.8, 4) is 0 Å². The van der Waals surface area contributed by atoms with Crippen LogP contribution in [0.15, 0.2) is 42.6 Å². The second kappa shape index (κ2) is 6.94. The summed E-state index contributed by atoms with van der Waals surface area (Å²) in [5.74, 6) is 0.440. The minimum absolute atomic E-state index is 0.0421. The fraction of sp³-hybridized carbons (Fsp3) is 0.421. The first kappa shape index (κ1) is 17.6. The molecule has 6 heteroatoms. The fourth-order valence-electron chi connectivity index (χ4n) is 3.35. The molecule has 1 aromatic carbocycles. The van der Waals surface area contributed by atoms with E-state index < -0.39 is 11.7 Å². The number of hydrogen-bond donors (Lipinski definition) is 0. The number of aromatic nitrogens is 1. The Bertz CT molecular complexity index is 726. The highest BCUT2D eigenvalue weighted by atomic mass is 19.4. The van der Waals surface area contributed by atoms with Crippen molar-refractivity contribution in [2.24, 2.45) is 13.0 Å². The maximum Gasteiger partial charge on any atom is 0.416 e. The Balaban J connectivity index is 1.54. The smallest absolute Gasteiger partial charge is 0.347 e. The van der Waals surface area contributed by atoms with Gasteiger partial charge in [0, 0.05) is 26.3 Å². The summed E-state index contributed by atoms with van der Waals surface area (Å²) in [6.07, 6.45) is 0.0600. The average Bonchev–Trinajstić information content (AvgIpc) is 3.01. The van der Waals surface area contributed by atoms with Crippen LogP contribution < -0.4 is 0 Å². The summed E-state index contributed by atoms with van der Waals surface area (Å²) >= 11 is 0. The van der Waals surface area contributed by atoms with E-state index in [1.165, 1.54) is 0 Å². The lowest BCUT2D eigenvalue weighted by atomic mass is 9.90. The molecule has 1 aromatic heterocycles. The van der Waals surface area contributed by atoms with E-state index in [1.54, 1.807) is 12.1 Å². The lowest BCUT2D eigenvalue weighted by Gasteiger charge is -2.32. The van der Waals surface area contributed by atoms with Crippen molar-refractivity contribution in [3.63, 3.8) is 0 Å². The number of nitrogens with zero attached hydrogens (tertiary/aromatic N) is 2. The Labute approximate surface area is 145 Å². The van der Waals surface area contributed by atoms with Gasteiger partial charge in [-0.3, -0.25) is 4.79 Å². The molecule has 3 rings (SSSR count). The molecule has 0 spiro atoms. The predicted octanol–water partition coefficient (Wildman–Crippen LogP) is 4.14. The highest BCUT2D eigenvalue weighted by Gasteiger charge is 2.30. The zero-order chi connectivity index (χ0) is 18.0. The van der Waals surface area contributed by atoms with Crippen LogP contribution in [0.3, 0.4) is 0 Å². The number of aryl methyl sites for hydroxylation is 1. The molecule has 2 heterocycles. The number of alkyl halides is 3. The number of halogens is 3. The second-order valence-corrected chi connectivity index (χ2v) is 6.64. The standard InChI is InChI=1S/C19H21F3N2O/c1-23-10-2-3-17(23)18(25)24-11-8-15(9-12-24)13-14-4-6-16(7-5-14)19(20,21)22/h2-7,10,15H,8-9,11-13H2,1H3. The molecule has 1 aliphatic heterocycles. The molecule has 0 atom stereocenters. The lowest BCUT2D eigenvalue weighted by Crippen LogP contribution is -2.39. The number of amides is 1. The van der Waals surface area contributed by atoms with Crippen LogP contribution in [0.25, 0.3) is 0 Å². The van der Waals surface area contributed by atoms with Crippen LogP contribution in [0.2, 0.25) is 0 Å². The minimum Gasteiger partial charge on any atom is -0.347 e. The highest BCUT2D eigenvalue weighted by molar-refractivity contribution is 5.92. The minimum atomic E-state index is -4.29. The first-order valence-electron chi connectivity index (χ1n) is 8.41. The molecule has 0 unspecified atom stereocenters. The summed E-state index contributed by atoms with van der Waals surface area (Å²) in [6, 6.07) is 9.07. The van der Waals surface area contributed by atoms with Gasteiger partial charge in [-0.1, -0.05) is 12.1 Å². The molecule has 0 bridgehead atoms. The number of piperidine rings is 1.